The van der Waals surface area contributed by atoms with Crippen LogP contribution in [0.1, 0.15) is 28.7 Å². The van der Waals surface area contributed by atoms with E-state index in [1.54, 1.807) is 11.3 Å². The molecule has 1 aromatic heterocycles. The molecular weight excluding hydrogens is 304 g/mol. The van der Waals surface area contributed by atoms with Gasteiger partial charge in [0.05, 0.1) is 5.38 Å². The summed E-state index contributed by atoms with van der Waals surface area (Å²) in [5.41, 5.74) is 1.28. The van der Waals surface area contributed by atoms with Crippen LogP contribution in [0, 0.1) is 0 Å². The van der Waals surface area contributed by atoms with E-state index in [1.165, 1.54) is 10.4 Å². The molecule has 0 fully saturated rings. The molecule has 1 heterocycles. The van der Waals surface area contributed by atoms with Gasteiger partial charge in [0, 0.05) is 15.3 Å². The van der Waals surface area contributed by atoms with Crippen LogP contribution in [-0.2, 0) is 0 Å². The Hall–Kier alpha value is -0.310. The maximum atomic E-state index is 6.52. The minimum Gasteiger partial charge on any atom is -0.146 e. The van der Waals surface area contributed by atoms with E-state index >= 15 is 0 Å². The fourth-order valence-electron chi connectivity index (χ4n) is 1.65. The standard InChI is InChI=1S/C13H12BrClS/c1-9(10-5-3-2-4-6-10)12(15)13-11(14)7-8-16-13/h2-9,12H,1H3. The van der Waals surface area contributed by atoms with Gasteiger partial charge in [-0.25, -0.2) is 0 Å². The number of rotatable bonds is 3. The van der Waals surface area contributed by atoms with Gasteiger partial charge in [-0.05, 0) is 32.9 Å². The van der Waals surface area contributed by atoms with Crippen LogP contribution >= 0.6 is 38.9 Å². The second-order valence-electron chi connectivity index (χ2n) is 3.73. The SMILES string of the molecule is CC(c1ccccc1)C(Cl)c1sccc1Br. The molecule has 2 aromatic rings. The summed E-state index contributed by atoms with van der Waals surface area (Å²) >= 11 is 11.8. The molecule has 2 unspecified atom stereocenters. The lowest BCUT2D eigenvalue weighted by Gasteiger charge is -2.17. The minimum absolute atomic E-state index is 0.0248. The van der Waals surface area contributed by atoms with Gasteiger partial charge in [0.25, 0.3) is 0 Å². The van der Waals surface area contributed by atoms with Gasteiger partial charge in [0.1, 0.15) is 0 Å². The van der Waals surface area contributed by atoms with Gasteiger partial charge >= 0.3 is 0 Å². The highest BCUT2D eigenvalue weighted by Gasteiger charge is 2.21. The molecule has 0 nitrogen and oxygen atoms in total. The van der Waals surface area contributed by atoms with Gasteiger partial charge in [-0.2, -0.15) is 0 Å². The van der Waals surface area contributed by atoms with Crippen LogP contribution in [0.3, 0.4) is 0 Å². The van der Waals surface area contributed by atoms with Crippen molar-refractivity contribution in [1.82, 2.24) is 0 Å². The van der Waals surface area contributed by atoms with E-state index in [-0.39, 0.29) is 5.38 Å². The second kappa shape index (κ2) is 5.35. The lowest BCUT2D eigenvalue weighted by Crippen LogP contribution is -2.01. The predicted molar refractivity (Wildman–Crippen MR) is 75.5 cm³/mol. The van der Waals surface area contributed by atoms with Crippen molar-refractivity contribution >= 4 is 38.9 Å². The van der Waals surface area contributed by atoms with Gasteiger partial charge in [0.15, 0.2) is 0 Å². The molecule has 0 spiro atoms. The highest BCUT2D eigenvalue weighted by molar-refractivity contribution is 9.10. The molecule has 3 heteroatoms. The Morgan fingerprint density at radius 3 is 2.44 bits per heavy atom. The van der Waals surface area contributed by atoms with Gasteiger partial charge in [0.2, 0.25) is 0 Å². The molecule has 0 saturated heterocycles. The van der Waals surface area contributed by atoms with Crippen molar-refractivity contribution in [3.05, 3.63) is 56.7 Å². The summed E-state index contributed by atoms with van der Waals surface area (Å²) in [5.74, 6) is 0.317. The quantitative estimate of drug-likeness (QED) is 0.647. The summed E-state index contributed by atoms with van der Waals surface area (Å²) < 4.78 is 1.11. The molecule has 1 aromatic carbocycles. The van der Waals surface area contributed by atoms with Crippen LogP contribution in [0.4, 0.5) is 0 Å². The lowest BCUT2D eigenvalue weighted by molar-refractivity contribution is 0.740. The maximum Gasteiger partial charge on any atom is 0.0755 e. The number of benzene rings is 1. The molecule has 84 valence electrons. The molecule has 0 amide bonds. The van der Waals surface area contributed by atoms with Crippen LogP contribution < -0.4 is 0 Å². The van der Waals surface area contributed by atoms with E-state index in [4.69, 9.17) is 11.6 Å². The van der Waals surface area contributed by atoms with Crippen molar-refractivity contribution in [2.45, 2.75) is 18.2 Å². The van der Waals surface area contributed by atoms with Crippen LogP contribution in [0.25, 0.3) is 0 Å². The average molecular weight is 316 g/mol. The number of hydrogen-bond acceptors (Lipinski definition) is 1. The molecule has 0 aliphatic heterocycles. The summed E-state index contributed by atoms with van der Waals surface area (Å²) in [5, 5.41) is 2.09. The summed E-state index contributed by atoms with van der Waals surface area (Å²) in [4.78, 5) is 1.21. The minimum atomic E-state index is 0.0248. The normalized spacial score (nSPS) is 14.7. The lowest BCUT2D eigenvalue weighted by atomic mass is 9.97. The second-order valence-corrected chi connectivity index (χ2v) is 6.01. The topological polar surface area (TPSA) is 0 Å². The first kappa shape index (κ1) is 12.2. The summed E-state index contributed by atoms with van der Waals surface area (Å²) in [7, 11) is 0. The predicted octanol–water partition coefficient (Wildman–Crippen LogP) is 5.59. The smallest absolute Gasteiger partial charge is 0.0755 e. The zero-order chi connectivity index (χ0) is 11.5. The largest absolute Gasteiger partial charge is 0.146 e. The Morgan fingerprint density at radius 2 is 1.88 bits per heavy atom. The van der Waals surface area contributed by atoms with Crippen molar-refractivity contribution in [1.29, 1.82) is 0 Å². The third-order valence-corrected chi connectivity index (χ3v) is 5.34. The molecule has 16 heavy (non-hydrogen) atoms. The van der Waals surface area contributed by atoms with Gasteiger partial charge < -0.3 is 0 Å². The first-order valence-electron chi connectivity index (χ1n) is 5.12. The first-order valence-corrected chi connectivity index (χ1v) is 7.23. The molecule has 0 aliphatic rings. The van der Waals surface area contributed by atoms with Crippen molar-refractivity contribution < 1.29 is 0 Å². The van der Waals surface area contributed by atoms with Crippen LogP contribution in [0.15, 0.2) is 46.3 Å². The third-order valence-electron chi connectivity index (χ3n) is 2.66. The van der Waals surface area contributed by atoms with E-state index in [0.717, 1.165) is 4.47 Å². The zero-order valence-electron chi connectivity index (χ0n) is 8.86. The first-order chi connectivity index (χ1) is 7.70. The van der Waals surface area contributed by atoms with Gasteiger partial charge in [-0.3, -0.25) is 0 Å². The van der Waals surface area contributed by atoms with Crippen molar-refractivity contribution in [2.24, 2.45) is 0 Å². The number of alkyl halides is 1. The monoisotopic (exact) mass is 314 g/mol. The zero-order valence-corrected chi connectivity index (χ0v) is 12.0. The van der Waals surface area contributed by atoms with Crippen LogP contribution in [0.2, 0.25) is 0 Å². The third kappa shape index (κ3) is 2.50. The van der Waals surface area contributed by atoms with E-state index < -0.39 is 0 Å². The number of hydrogen-bond donors (Lipinski definition) is 0. The fraction of sp³-hybridized carbons (Fsp3) is 0.231. The highest BCUT2D eigenvalue weighted by Crippen LogP contribution is 2.41. The molecule has 2 rings (SSSR count). The molecule has 0 aliphatic carbocycles. The number of thiophene rings is 1. The molecule has 0 saturated carbocycles. The Kier molecular flexibility index (Phi) is 4.06. The average Bonchev–Trinajstić information content (AvgIpc) is 2.75. The summed E-state index contributed by atoms with van der Waals surface area (Å²) in [6, 6.07) is 12.4. The van der Waals surface area contributed by atoms with E-state index in [0.29, 0.717) is 5.92 Å². The Balaban J connectivity index is 2.23. The van der Waals surface area contributed by atoms with Crippen molar-refractivity contribution in [3.63, 3.8) is 0 Å². The van der Waals surface area contributed by atoms with Crippen LogP contribution in [-0.4, -0.2) is 0 Å². The van der Waals surface area contributed by atoms with E-state index in [2.05, 4.69) is 52.5 Å². The molecule has 0 radical (unpaired) electrons. The summed E-state index contributed by atoms with van der Waals surface area (Å²) in [6.45, 7) is 2.17. The van der Waals surface area contributed by atoms with Crippen molar-refractivity contribution in [2.75, 3.05) is 0 Å². The molecule has 0 N–H and O–H groups in total. The fourth-order valence-corrected chi connectivity index (χ4v) is 3.90. The molecule has 0 bridgehead atoms. The summed E-state index contributed by atoms with van der Waals surface area (Å²) in [6.07, 6.45) is 0. The van der Waals surface area contributed by atoms with Crippen molar-refractivity contribution in [3.8, 4) is 0 Å². The molecular formula is C13H12BrClS. The molecule has 2 atom stereocenters. The number of halogens is 2. The maximum absolute atomic E-state index is 6.52. The van der Waals surface area contributed by atoms with Gasteiger partial charge in [-0.15, -0.1) is 22.9 Å². The Bertz CT molecular complexity index is 452. The van der Waals surface area contributed by atoms with E-state index in [1.807, 2.05) is 12.1 Å². The van der Waals surface area contributed by atoms with E-state index in [9.17, 15) is 0 Å². The Labute approximate surface area is 113 Å². The Morgan fingerprint density at radius 1 is 1.19 bits per heavy atom. The van der Waals surface area contributed by atoms with Gasteiger partial charge in [-0.1, -0.05) is 37.3 Å². The highest BCUT2D eigenvalue weighted by atomic mass is 79.9. The van der Waals surface area contributed by atoms with Crippen LogP contribution in [0.5, 0.6) is 0 Å².